The molecule has 1 atom stereocenters. The summed E-state index contributed by atoms with van der Waals surface area (Å²) in [5.41, 5.74) is -3.16. The van der Waals surface area contributed by atoms with E-state index >= 15 is 0 Å². The highest BCUT2D eigenvalue weighted by molar-refractivity contribution is 5.77. The fourth-order valence-corrected chi connectivity index (χ4v) is 3.98. The molecule has 2 amide bonds. The number of halogens is 12. The van der Waals surface area contributed by atoms with Gasteiger partial charge in [-0.2, -0.15) is 43.9 Å². The summed E-state index contributed by atoms with van der Waals surface area (Å²) in [6.07, 6.45) is -22.2. The number of hydrogen-bond acceptors (Lipinski definition) is 2. The first-order chi connectivity index (χ1) is 19.3. The highest BCUT2D eigenvalue weighted by atomic mass is 19.4. The molecule has 0 spiro atoms. The Morgan fingerprint density at radius 3 is 1.83 bits per heavy atom. The second-order valence-electron chi connectivity index (χ2n) is 8.83. The van der Waals surface area contributed by atoms with Crippen LogP contribution in [0.25, 0.3) is 0 Å². The first-order valence-electron chi connectivity index (χ1n) is 11.5. The third-order valence-electron chi connectivity index (χ3n) is 5.78. The molecule has 3 aromatic carbocycles. The molecule has 0 saturated heterocycles. The molecule has 4 nitrogen and oxygen atoms in total. The maximum atomic E-state index is 14.7. The van der Waals surface area contributed by atoms with E-state index in [0.717, 1.165) is 29.6 Å². The van der Waals surface area contributed by atoms with Crippen molar-refractivity contribution in [2.75, 3.05) is 0 Å². The standard InChI is InChI=1S/C26H18F12N2O2/c27-17-8-6-15(7-9-17)23(13-14-4-2-1-3-5-14,40-22(41)39-20(24(31,32)33)25(34,35)36)16-10-18(28)12-19(11-16)42-26(37,38)21(29)30/h1-12,20-21H,13H2,(H2,39,40,41). The molecule has 16 heteroatoms. The Hall–Kier alpha value is -4.11. The van der Waals surface area contributed by atoms with Gasteiger partial charge >= 0.3 is 30.9 Å². The van der Waals surface area contributed by atoms with Crippen molar-refractivity contribution < 1.29 is 62.2 Å². The van der Waals surface area contributed by atoms with Crippen LogP contribution in [0.2, 0.25) is 0 Å². The van der Waals surface area contributed by atoms with Crippen LogP contribution >= 0.6 is 0 Å². The Balaban J connectivity index is 2.26. The Morgan fingerprint density at radius 1 is 0.738 bits per heavy atom. The zero-order valence-electron chi connectivity index (χ0n) is 20.6. The van der Waals surface area contributed by atoms with Crippen LogP contribution in [-0.4, -0.2) is 37.0 Å². The molecule has 0 aliphatic rings. The lowest BCUT2D eigenvalue weighted by Gasteiger charge is -2.37. The molecule has 0 aliphatic carbocycles. The lowest BCUT2D eigenvalue weighted by molar-refractivity contribution is -0.255. The van der Waals surface area contributed by atoms with Gasteiger partial charge in [-0.25, -0.2) is 13.6 Å². The number of hydrogen-bond donors (Lipinski definition) is 2. The van der Waals surface area contributed by atoms with Crippen molar-refractivity contribution >= 4 is 6.03 Å². The van der Waals surface area contributed by atoms with Crippen molar-refractivity contribution in [3.63, 3.8) is 0 Å². The van der Waals surface area contributed by atoms with Gasteiger partial charge in [-0.05, 0) is 41.0 Å². The lowest BCUT2D eigenvalue weighted by atomic mass is 9.77. The monoisotopic (exact) mass is 618 g/mol. The van der Waals surface area contributed by atoms with Crippen LogP contribution in [-0.2, 0) is 12.0 Å². The molecule has 0 fully saturated rings. The van der Waals surface area contributed by atoms with Crippen LogP contribution in [0.1, 0.15) is 16.7 Å². The molecule has 0 bridgehead atoms. The Bertz CT molecular complexity index is 1350. The fourth-order valence-electron chi connectivity index (χ4n) is 3.98. The summed E-state index contributed by atoms with van der Waals surface area (Å²) in [7, 11) is 0. The van der Waals surface area contributed by atoms with E-state index in [1.807, 2.05) is 5.32 Å². The molecule has 0 radical (unpaired) electrons. The van der Waals surface area contributed by atoms with E-state index in [4.69, 9.17) is 0 Å². The van der Waals surface area contributed by atoms with E-state index < -0.39 is 71.9 Å². The molecule has 0 saturated carbocycles. The lowest BCUT2D eigenvalue weighted by Crippen LogP contribution is -2.60. The highest BCUT2D eigenvalue weighted by Crippen LogP contribution is 2.38. The van der Waals surface area contributed by atoms with Gasteiger partial charge in [0.2, 0.25) is 6.04 Å². The Labute approximate surface area is 229 Å². The zero-order chi connectivity index (χ0) is 31.5. The number of urea groups is 1. The third-order valence-corrected chi connectivity index (χ3v) is 5.78. The normalized spacial score (nSPS) is 14.0. The molecule has 1 unspecified atom stereocenters. The number of nitrogens with one attached hydrogen (secondary N) is 2. The molecular weight excluding hydrogens is 600 g/mol. The van der Waals surface area contributed by atoms with Gasteiger partial charge < -0.3 is 15.4 Å². The van der Waals surface area contributed by atoms with Crippen LogP contribution in [0.3, 0.4) is 0 Å². The molecule has 42 heavy (non-hydrogen) atoms. The zero-order valence-corrected chi connectivity index (χ0v) is 20.6. The summed E-state index contributed by atoms with van der Waals surface area (Å²) >= 11 is 0. The van der Waals surface area contributed by atoms with E-state index in [0.29, 0.717) is 12.1 Å². The van der Waals surface area contributed by atoms with Gasteiger partial charge in [0.25, 0.3) is 0 Å². The second-order valence-corrected chi connectivity index (χ2v) is 8.83. The predicted molar refractivity (Wildman–Crippen MR) is 123 cm³/mol. The Kier molecular flexibility index (Phi) is 9.27. The number of carbonyl (C=O) groups is 1. The maximum absolute atomic E-state index is 14.7. The van der Waals surface area contributed by atoms with Crippen molar-refractivity contribution in [2.24, 2.45) is 0 Å². The van der Waals surface area contributed by atoms with Gasteiger partial charge in [0, 0.05) is 12.5 Å². The first kappa shape index (κ1) is 32.4. The minimum Gasteiger partial charge on any atom is -0.428 e. The minimum atomic E-state index is -6.02. The van der Waals surface area contributed by atoms with Gasteiger partial charge in [-0.3, -0.25) is 0 Å². The van der Waals surface area contributed by atoms with Gasteiger partial charge in [0.15, 0.2) is 0 Å². The summed E-state index contributed by atoms with van der Waals surface area (Å²) in [5.74, 6) is -3.55. The highest BCUT2D eigenvalue weighted by Gasteiger charge is 2.58. The number of ether oxygens (including phenoxy) is 1. The van der Waals surface area contributed by atoms with E-state index in [9.17, 15) is 57.5 Å². The second kappa shape index (κ2) is 12.0. The van der Waals surface area contributed by atoms with Crippen LogP contribution < -0.4 is 15.4 Å². The molecule has 2 N–H and O–H groups in total. The summed E-state index contributed by atoms with van der Waals surface area (Å²) < 4.78 is 164. The van der Waals surface area contributed by atoms with Gasteiger partial charge in [0.05, 0.1) is 5.54 Å². The smallest absolute Gasteiger partial charge is 0.428 e. The van der Waals surface area contributed by atoms with Crippen LogP contribution in [0, 0.1) is 11.6 Å². The molecule has 3 aromatic rings. The molecule has 0 aromatic heterocycles. The van der Waals surface area contributed by atoms with Crippen molar-refractivity contribution in [3.05, 3.63) is 101 Å². The third kappa shape index (κ3) is 7.79. The number of alkyl halides is 10. The minimum absolute atomic E-state index is 0.204. The largest absolute Gasteiger partial charge is 0.461 e. The quantitative estimate of drug-likeness (QED) is 0.245. The average molecular weight is 618 g/mol. The molecular formula is C26H18F12N2O2. The summed E-state index contributed by atoms with van der Waals surface area (Å²) in [6.45, 7) is 0. The van der Waals surface area contributed by atoms with Crippen LogP contribution in [0.5, 0.6) is 5.75 Å². The predicted octanol–water partition coefficient (Wildman–Crippen LogP) is 7.48. The van der Waals surface area contributed by atoms with Gasteiger partial charge in [0.1, 0.15) is 17.4 Å². The Morgan fingerprint density at radius 2 is 1.31 bits per heavy atom. The average Bonchev–Trinajstić information content (AvgIpc) is 2.86. The summed E-state index contributed by atoms with van der Waals surface area (Å²) in [6, 6.07) is 5.43. The van der Waals surface area contributed by atoms with E-state index in [2.05, 4.69) is 4.74 Å². The summed E-state index contributed by atoms with van der Waals surface area (Å²) in [5, 5.41) is 2.67. The SMILES string of the molecule is O=C(NC(C(F)(F)F)C(F)(F)F)NC(Cc1ccccc1)(c1ccc(F)cc1)c1cc(F)cc(OC(F)(F)C(F)F)c1. The molecule has 0 heterocycles. The number of amides is 2. The first-order valence-corrected chi connectivity index (χ1v) is 11.5. The molecule has 3 rings (SSSR count). The molecule has 228 valence electrons. The van der Waals surface area contributed by atoms with Gasteiger partial charge in [-0.15, -0.1) is 0 Å². The van der Waals surface area contributed by atoms with E-state index in [-0.39, 0.29) is 17.2 Å². The number of rotatable bonds is 9. The topological polar surface area (TPSA) is 50.4 Å². The number of carbonyl (C=O) groups excluding carboxylic acids is 1. The van der Waals surface area contributed by atoms with Gasteiger partial charge in [-0.1, -0.05) is 42.5 Å². The van der Waals surface area contributed by atoms with Crippen molar-refractivity contribution in [2.45, 2.75) is 42.9 Å². The summed E-state index contributed by atoms with van der Waals surface area (Å²) in [4.78, 5) is 12.8. The van der Waals surface area contributed by atoms with Crippen molar-refractivity contribution in [1.82, 2.24) is 10.6 Å². The van der Waals surface area contributed by atoms with E-state index in [1.54, 1.807) is 0 Å². The van der Waals surface area contributed by atoms with Crippen molar-refractivity contribution in [3.8, 4) is 5.75 Å². The van der Waals surface area contributed by atoms with Crippen LogP contribution in [0.15, 0.2) is 72.8 Å². The number of benzene rings is 3. The van der Waals surface area contributed by atoms with Crippen LogP contribution in [0.4, 0.5) is 57.5 Å². The molecule has 0 aliphatic heterocycles. The van der Waals surface area contributed by atoms with E-state index in [1.165, 1.54) is 30.3 Å². The van der Waals surface area contributed by atoms with Crippen molar-refractivity contribution in [1.29, 1.82) is 0 Å². The maximum Gasteiger partial charge on any atom is 0.461 e. The fraction of sp³-hybridized carbons (Fsp3) is 0.269.